The van der Waals surface area contributed by atoms with Crippen molar-refractivity contribution in [1.29, 1.82) is 0 Å². The minimum atomic E-state index is -4.48. The van der Waals surface area contributed by atoms with E-state index in [0.29, 0.717) is 0 Å². The fourth-order valence-corrected chi connectivity index (χ4v) is 1.72. The normalized spacial score (nSPS) is 18.2. The first-order valence-electron chi connectivity index (χ1n) is 5.65. The van der Waals surface area contributed by atoms with Gasteiger partial charge in [0.15, 0.2) is 0 Å². The van der Waals surface area contributed by atoms with Crippen molar-refractivity contribution in [2.45, 2.75) is 18.7 Å². The van der Waals surface area contributed by atoms with Gasteiger partial charge in [-0.3, -0.25) is 10.1 Å². The van der Waals surface area contributed by atoms with Gasteiger partial charge in [-0.2, -0.15) is 18.2 Å². The molecule has 0 amide bonds. The van der Waals surface area contributed by atoms with E-state index >= 15 is 0 Å². The molecule has 112 valence electrons. The first kappa shape index (κ1) is 14.8. The maximum Gasteiger partial charge on any atom is 0.412 e. The van der Waals surface area contributed by atoms with Crippen LogP contribution < -0.4 is 10.5 Å². The Bertz CT molecular complexity index is 628. The van der Waals surface area contributed by atoms with Crippen molar-refractivity contribution >= 4 is 11.5 Å². The summed E-state index contributed by atoms with van der Waals surface area (Å²) < 4.78 is 43.0. The Morgan fingerprint density at radius 2 is 2.14 bits per heavy atom. The van der Waals surface area contributed by atoms with E-state index in [2.05, 4.69) is 9.97 Å². The van der Waals surface area contributed by atoms with Gasteiger partial charge in [-0.1, -0.05) is 12.2 Å². The van der Waals surface area contributed by atoms with Gasteiger partial charge in [0.1, 0.15) is 12.4 Å². The fraction of sp³-hybridized carbons (Fsp3) is 0.273. The van der Waals surface area contributed by atoms with Gasteiger partial charge in [-0.05, 0) is 6.08 Å². The zero-order valence-electron chi connectivity index (χ0n) is 10.4. The standard InChI is InChI=1S/C11H9F3N4O3/c12-11(13,14)6-2-1-3-7(4-6)21-10-8(18(19)20)9(15)16-5-17-10/h1-3,5,7H,4H2,(H2,15,16,17)/t7-/m1/s1. The highest BCUT2D eigenvalue weighted by molar-refractivity contribution is 5.58. The molecule has 0 saturated heterocycles. The predicted octanol–water partition coefficient (Wildman–Crippen LogP) is 2.16. The van der Waals surface area contributed by atoms with Crippen molar-refractivity contribution in [3.63, 3.8) is 0 Å². The molecule has 1 aliphatic carbocycles. The summed E-state index contributed by atoms with van der Waals surface area (Å²) in [5, 5.41) is 10.9. The van der Waals surface area contributed by atoms with Gasteiger partial charge in [0.2, 0.25) is 5.82 Å². The Morgan fingerprint density at radius 1 is 1.43 bits per heavy atom. The summed E-state index contributed by atoms with van der Waals surface area (Å²) in [5.74, 6) is -0.887. The summed E-state index contributed by atoms with van der Waals surface area (Å²) >= 11 is 0. The van der Waals surface area contributed by atoms with Crippen LogP contribution in [0, 0.1) is 10.1 Å². The topological polar surface area (TPSA) is 104 Å². The Morgan fingerprint density at radius 3 is 2.76 bits per heavy atom. The first-order valence-corrected chi connectivity index (χ1v) is 5.65. The maximum atomic E-state index is 12.6. The Labute approximate surface area is 116 Å². The van der Waals surface area contributed by atoms with Gasteiger partial charge in [0, 0.05) is 12.0 Å². The second kappa shape index (κ2) is 5.38. The lowest BCUT2D eigenvalue weighted by atomic mass is 10.0. The monoisotopic (exact) mass is 302 g/mol. The van der Waals surface area contributed by atoms with Crippen LogP contribution >= 0.6 is 0 Å². The molecule has 1 aliphatic rings. The van der Waals surface area contributed by atoms with E-state index in [1.807, 2.05) is 0 Å². The second-order valence-corrected chi connectivity index (χ2v) is 4.10. The number of anilines is 1. The second-order valence-electron chi connectivity index (χ2n) is 4.10. The SMILES string of the molecule is Nc1ncnc(O[C@@H]2C=CC=C(C(F)(F)F)C2)c1[N+](=O)[O-]. The predicted molar refractivity (Wildman–Crippen MR) is 65.4 cm³/mol. The van der Waals surface area contributed by atoms with Gasteiger partial charge >= 0.3 is 11.9 Å². The van der Waals surface area contributed by atoms with Gasteiger partial charge in [-0.15, -0.1) is 0 Å². The number of nitro groups is 1. The van der Waals surface area contributed by atoms with Crippen molar-refractivity contribution < 1.29 is 22.8 Å². The van der Waals surface area contributed by atoms with Crippen LogP contribution in [0.1, 0.15) is 6.42 Å². The van der Waals surface area contributed by atoms with Gasteiger partial charge in [-0.25, -0.2) is 4.98 Å². The average Bonchev–Trinajstić information content (AvgIpc) is 2.37. The summed E-state index contributed by atoms with van der Waals surface area (Å²) in [5.41, 5.74) is 3.88. The number of aromatic nitrogens is 2. The largest absolute Gasteiger partial charge is 0.465 e. The number of hydrogen-bond donors (Lipinski definition) is 1. The molecule has 0 unspecified atom stereocenters. The quantitative estimate of drug-likeness (QED) is 0.677. The first-order chi connectivity index (χ1) is 9.79. The van der Waals surface area contributed by atoms with Gasteiger partial charge in [0.25, 0.3) is 5.88 Å². The lowest BCUT2D eigenvalue weighted by molar-refractivity contribution is -0.385. The molecule has 1 aromatic heterocycles. The third-order valence-corrected chi connectivity index (χ3v) is 2.67. The molecule has 21 heavy (non-hydrogen) atoms. The van der Waals surface area contributed by atoms with Crippen molar-refractivity contribution in [2.75, 3.05) is 5.73 Å². The van der Waals surface area contributed by atoms with Crippen LogP contribution in [0.2, 0.25) is 0 Å². The zero-order chi connectivity index (χ0) is 15.6. The Balaban J connectivity index is 2.21. The number of nitrogens with two attached hydrogens (primary N) is 1. The van der Waals surface area contributed by atoms with Gasteiger partial charge < -0.3 is 10.5 Å². The number of nitrogen functional groups attached to an aromatic ring is 1. The molecule has 1 aromatic rings. The van der Waals surface area contributed by atoms with E-state index in [1.165, 1.54) is 12.2 Å². The molecule has 1 atom stereocenters. The highest BCUT2D eigenvalue weighted by atomic mass is 19.4. The molecule has 0 fully saturated rings. The van der Waals surface area contributed by atoms with Crippen LogP contribution in [0.5, 0.6) is 5.88 Å². The molecule has 7 nitrogen and oxygen atoms in total. The van der Waals surface area contributed by atoms with E-state index in [1.54, 1.807) is 0 Å². The lowest BCUT2D eigenvalue weighted by Crippen LogP contribution is -2.24. The fourth-order valence-electron chi connectivity index (χ4n) is 1.72. The number of allylic oxidation sites excluding steroid dienone is 2. The van der Waals surface area contributed by atoms with Crippen LogP contribution in [0.4, 0.5) is 24.7 Å². The van der Waals surface area contributed by atoms with E-state index < -0.39 is 46.6 Å². The Kier molecular flexibility index (Phi) is 3.78. The van der Waals surface area contributed by atoms with Crippen LogP contribution in [-0.4, -0.2) is 27.2 Å². The smallest absolute Gasteiger partial charge is 0.412 e. The maximum absolute atomic E-state index is 12.6. The molecule has 2 N–H and O–H groups in total. The van der Waals surface area contributed by atoms with Gasteiger partial charge in [0.05, 0.1) is 4.92 Å². The van der Waals surface area contributed by atoms with Crippen molar-refractivity contribution in [1.82, 2.24) is 9.97 Å². The zero-order valence-corrected chi connectivity index (χ0v) is 10.4. The molecule has 0 radical (unpaired) electrons. The number of nitrogens with zero attached hydrogens (tertiary/aromatic N) is 3. The average molecular weight is 302 g/mol. The number of alkyl halides is 3. The molecule has 0 aromatic carbocycles. The molecule has 1 heterocycles. The molecular formula is C11H9F3N4O3. The van der Waals surface area contributed by atoms with Crippen LogP contribution in [0.3, 0.4) is 0 Å². The minimum Gasteiger partial charge on any atom is -0.465 e. The van der Waals surface area contributed by atoms with E-state index in [9.17, 15) is 23.3 Å². The van der Waals surface area contributed by atoms with E-state index in [4.69, 9.17) is 10.5 Å². The number of ether oxygens (including phenoxy) is 1. The van der Waals surface area contributed by atoms with Crippen LogP contribution in [0.25, 0.3) is 0 Å². The molecule has 0 saturated carbocycles. The lowest BCUT2D eigenvalue weighted by Gasteiger charge is -2.20. The third-order valence-electron chi connectivity index (χ3n) is 2.67. The van der Waals surface area contributed by atoms with E-state index in [0.717, 1.165) is 12.4 Å². The molecular weight excluding hydrogens is 293 g/mol. The van der Waals surface area contributed by atoms with E-state index in [-0.39, 0.29) is 0 Å². The molecule has 0 spiro atoms. The Hall–Kier alpha value is -2.65. The third kappa shape index (κ3) is 3.27. The number of rotatable bonds is 3. The van der Waals surface area contributed by atoms with Crippen LogP contribution in [-0.2, 0) is 0 Å². The highest BCUT2D eigenvalue weighted by Gasteiger charge is 2.36. The summed E-state index contributed by atoms with van der Waals surface area (Å²) in [6.07, 6.45) is -1.61. The van der Waals surface area contributed by atoms with Crippen molar-refractivity contribution in [2.24, 2.45) is 0 Å². The molecule has 0 bridgehead atoms. The summed E-state index contributed by atoms with van der Waals surface area (Å²) in [6, 6.07) is 0. The summed E-state index contributed by atoms with van der Waals surface area (Å²) in [6.45, 7) is 0. The minimum absolute atomic E-state index is 0.420. The number of hydrogen-bond acceptors (Lipinski definition) is 6. The van der Waals surface area contributed by atoms with Crippen LogP contribution in [0.15, 0.2) is 30.1 Å². The summed E-state index contributed by atoms with van der Waals surface area (Å²) in [7, 11) is 0. The molecule has 2 rings (SSSR count). The molecule has 0 aliphatic heterocycles. The molecule has 10 heteroatoms. The summed E-state index contributed by atoms with van der Waals surface area (Å²) in [4.78, 5) is 17.0. The highest BCUT2D eigenvalue weighted by Crippen LogP contribution is 2.34. The van der Waals surface area contributed by atoms with Crippen molar-refractivity contribution in [3.8, 4) is 5.88 Å². The number of halogens is 3. The van der Waals surface area contributed by atoms with Crippen molar-refractivity contribution in [3.05, 3.63) is 40.2 Å².